The van der Waals surface area contributed by atoms with Crippen LogP contribution in [0.2, 0.25) is 0 Å². The third-order valence-electron chi connectivity index (χ3n) is 4.95. The van der Waals surface area contributed by atoms with Crippen molar-refractivity contribution in [2.75, 3.05) is 18.5 Å². The van der Waals surface area contributed by atoms with Crippen molar-refractivity contribution in [2.24, 2.45) is 0 Å². The van der Waals surface area contributed by atoms with Gasteiger partial charge in [0.2, 0.25) is 5.01 Å². The van der Waals surface area contributed by atoms with Gasteiger partial charge in [-0.25, -0.2) is 4.39 Å². The van der Waals surface area contributed by atoms with Gasteiger partial charge in [0.1, 0.15) is 16.6 Å². The minimum Gasteiger partial charge on any atom is -0.484 e. The van der Waals surface area contributed by atoms with Crippen LogP contribution in [0.1, 0.15) is 39.3 Å². The molecule has 1 saturated heterocycles. The van der Waals surface area contributed by atoms with Gasteiger partial charge in [-0.1, -0.05) is 23.5 Å². The van der Waals surface area contributed by atoms with E-state index in [4.69, 9.17) is 4.74 Å². The first kappa shape index (κ1) is 20.9. The van der Waals surface area contributed by atoms with Crippen molar-refractivity contribution in [1.82, 2.24) is 15.1 Å². The first-order valence-electron chi connectivity index (χ1n) is 9.89. The Hall–Kier alpha value is -3.33. The summed E-state index contributed by atoms with van der Waals surface area (Å²) in [7, 11) is 0. The number of benzene rings is 2. The van der Waals surface area contributed by atoms with Gasteiger partial charge in [0.25, 0.3) is 11.8 Å². The molecule has 1 N–H and O–H groups in total. The zero-order valence-electron chi connectivity index (χ0n) is 16.9. The van der Waals surface area contributed by atoms with Gasteiger partial charge in [-0.15, -0.1) is 10.2 Å². The molecule has 0 saturated carbocycles. The number of hydrogen-bond donors (Lipinski definition) is 1. The molecule has 7 nitrogen and oxygen atoms in total. The maximum atomic E-state index is 13.0. The maximum Gasteiger partial charge on any atom is 0.286 e. The molecule has 4 rings (SSSR count). The molecule has 3 aromatic rings. The summed E-state index contributed by atoms with van der Waals surface area (Å²) in [6.07, 6.45) is 1.60. The van der Waals surface area contributed by atoms with Gasteiger partial charge < -0.3 is 15.0 Å². The lowest BCUT2D eigenvalue weighted by Gasteiger charge is -2.22. The second kappa shape index (κ2) is 9.22. The Balaban J connectivity index is 1.39. The highest BCUT2D eigenvalue weighted by atomic mass is 32.1. The number of anilines is 1. The molecule has 160 valence electrons. The monoisotopic (exact) mass is 440 g/mol. The molecule has 2 heterocycles. The summed E-state index contributed by atoms with van der Waals surface area (Å²) >= 11 is 1.16. The zero-order valence-corrected chi connectivity index (χ0v) is 17.7. The summed E-state index contributed by atoms with van der Waals surface area (Å²) in [4.78, 5) is 26.9. The fraction of sp³-hybridized carbons (Fsp3) is 0.273. The summed E-state index contributed by atoms with van der Waals surface area (Å²) in [5.41, 5.74) is 1.53. The lowest BCUT2D eigenvalue weighted by Crippen LogP contribution is -2.34. The van der Waals surface area contributed by atoms with Crippen LogP contribution in [-0.4, -0.2) is 40.1 Å². The molecule has 2 aromatic carbocycles. The quantitative estimate of drug-likeness (QED) is 0.627. The highest BCUT2D eigenvalue weighted by Gasteiger charge is 2.33. The Kier molecular flexibility index (Phi) is 6.22. The zero-order chi connectivity index (χ0) is 21.8. The molecular formula is C22H21FN4O3S. The van der Waals surface area contributed by atoms with Gasteiger partial charge >= 0.3 is 0 Å². The van der Waals surface area contributed by atoms with Crippen LogP contribution in [0.3, 0.4) is 0 Å². The number of nitrogens with zero attached hydrogens (tertiary/aromatic N) is 3. The molecule has 0 bridgehead atoms. The molecule has 1 unspecified atom stereocenters. The number of carbonyl (C=O) groups excluding carboxylic acids is 2. The largest absolute Gasteiger partial charge is 0.484 e. The van der Waals surface area contributed by atoms with E-state index in [9.17, 15) is 14.0 Å². The Morgan fingerprint density at radius 3 is 2.81 bits per heavy atom. The van der Waals surface area contributed by atoms with E-state index in [-0.39, 0.29) is 29.4 Å². The Labute approximate surface area is 182 Å². The molecule has 0 spiro atoms. The van der Waals surface area contributed by atoms with Crippen molar-refractivity contribution in [3.63, 3.8) is 0 Å². The topological polar surface area (TPSA) is 84.4 Å². The van der Waals surface area contributed by atoms with E-state index in [0.717, 1.165) is 29.7 Å². The van der Waals surface area contributed by atoms with Crippen molar-refractivity contribution in [2.45, 2.75) is 25.8 Å². The van der Waals surface area contributed by atoms with Gasteiger partial charge in [0.15, 0.2) is 6.61 Å². The minimum atomic E-state index is -0.422. The third kappa shape index (κ3) is 5.05. The highest BCUT2D eigenvalue weighted by molar-refractivity contribution is 7.13. The van der Waals surface area contributed by atoms with E-state index in [1.165, 1.54) is 24.3 Å². The van der Waals surface area contributed by atoms with Crippen LogP contribution in [0.5, 0.6) is 5.75 Å². The van der Waals surface area contributed by atoms with E-state index in [0.29, 0.717) is 23.0 Å². The molecule has 9 heteroatoms. The lowest BCUT2D eigenvalue weighted by molar-refractivity contribution is -0.134. The molecule has 1 aromatic heterocycles. The normalized spacial score (nSPS) is 15.7. The number of aromatic nitrogens is 2. The Morgan fingerprint density at radius 1 is 1.23 bits per heavy atom. The van der Waals surface area contributed by atoms with Gasteiger partial charge in [0.05, 0.1) is 6.04 Å². The number of amides is 2. The highest BCUT2D eigenvalue weighted by Crippen LogP contribution is 2.34. The molecule has 1 aliphatic rings. The first-order chi connectivity index (χ1) is 15.0. The van der Waals surface area contributed by atoms with Gasteiger partial charge in [0, 0.05) is 12.2 Å². The predicted octanol–water partition coefficient (Wildman–Crippen LogP) is 3.98. The van der Waals surface area contributed by atoms with E-state index in [2.05, 4.69) is 15.5 Å². The van der Waals surface area contributed by atoms with E-state index < -0.39 is 5.91 Å². The SMILES string of the molecule is Cc1cccc(OCC(=O)N2CCCC2c2nnc(C(=O)Nc3ccc(F)cc3)s2)c1. The van der Waals surface area contributed by atoms with Crippen LogP contribution in [0.25, 0.3) is 0 Å². The average Bonchev–Trinajstić information content (AvgIpc) is 3.43. The summed E-state index contributed by atoms with van der Waals surface area (Å²) in [6.45, 7) is 2.51. The molecule has 2 amide bonds. The number of likely N-dealkylation sites (tertiary alicyclic amines) is 1. The lowest BCUT2D eigenvalue weighted by atomic mass is 10.2. The molecule has 31 heavy (non-hydrogen) atoms. The number of aryl methyl sites for hydroxylation is 1. The van der Waals surface area contributed by atoms with Gasteiger partial charge in [-0.3, -0.25) is 9.59 Å². The number of ether oxygens (including phenoxy) is 1. The second-order valence-electron chi connectivity index (χ2n) is 7.26. The second-order valence-corrected chi connectivity index (χ2v) is 8.27. The van der Waals surface area contributed by atoms with Crippen LogP contribution in [0.4, 0.5) is 10.1 Å². The maximum absolute atomic E-state index is 13.0. The van der Waals surface area contributed by atoms with Crippen LogP contribution in [-0.2, 0) is 4.79 Å². The number of nitrogens with one attached hydrogen (secondary N) is 1. The van der Waals surface area contributed by atoms with Crippen molar-refractivity contribution in [3.05, 3.63) is 69.9 Å². The summed E-state index contributed by atoms with van der Waals surface area (Å²) in [5.74, 6) is -0.279. The minimum absolute atomic E-state index is 0.0589. The molecule has 0 radical (unpaired) electrons. The Bertz CT molecular complexity index is 1090. The standard InChI is InChI=1S/C22H21FN4O3S/c1-14-4-2-5-17(12-14)30-13-19(28)27-11-3-6-18(27)21-25-26-22(31-21)20(29)24-16-9-7-15(23)8-10-16/h2,4-5,7-10,12,18H,3,6,11,13H2,1H3,(H,24,29). The molecule has 1 aliphatic heterocycles. The van der Waals surface area contributed by atoms with E-state index in [1.807, 2.05) is 31.2 Å². The average molecular weight is 441 g/mol. The van der Waals surface area contributed by atoms with Crippen LogP contribution < -0.4 is 10.1 Å². The van der Waals surface area contributed by atoms with Crippen LogP contribution in [0, 0.1) is 12.7 Å². The fourth-order valence-corrected chi connectivity index (χ4v) is 4.32. The van der Waals surface area contributed by atoms with Crippen molar-refractivity contribution in [3.8, 4) is 5.75 Å². The number of carbonyl (C=O) groups is 2. The number of hydrogen-bond acceptors (Lipinski definition) is 6. The molecule has 1 fully saturated rings. The predicted molar refractivity (Wildman–Crippen MR) is 115 cm³/mol. The number of rotatable bonds is 6. The molecule has 1 atom stereocenters. The van der Waals surface area contributed by atoms with Crippen LogP contribution >= 0.6 is 11.3 Å². The Morgan fingerprint density at radius 2 is 2.03 bits per heavy atom. The third-order valence-corrected chi connectivity index (χ3v) is 5.97. The van der Waals surface area contributed by atoms with Crippen LogP contribution in [0.15, 0.2) is 48.5 Å². The van der Waals surface area contributed by atoms with Crippen molar-refractivity contribution < 1.29 is 18.7 Å². The fourth-order valence-electron chi connectivity index (χ4n) is 3.43. The van der Waals surface area contributed by atoms with Gasteiger partial charge in [-0.05, 0) is 61.7 Å². The van der Waals surface area contributed by atoms with E-state index in [1.54, 1.807) is 4.90 Å². The number of halogens is 1. The summed E-state index contributed by atoms with van der Waals surface area (Å²) < 4.78 is 18.7. The van der Waals surface area contributed by atoms with Crippen molar-refractivity contribution >= 4 is 28.8 Å². The van der Waals surface area contributed by atoms with E-state index >= 15 is 0 Å². The van der Waals surface area contributed by atoms with Crippen molar-refractivity contribution in [1.29, 1.82) is 0 Å². The first-order valence-corrected chi connectivity index (χ1v) is 10.7. The smallest absolute Gasteiger partial charge is 0.286 e. The molecular weight excluding hydrogens is 419 g/mol. The summed E-state index contributed by atoms with van der Waals surface area (Å²) in [5, 5.41) is 11.6. The molecule has 0 aliphatic carbocycles. The summed E-state index contributed by atoms with van der Waals surface area (Å²) in [6, 6.07) is 12.8. The van der Waals surface area contributed by atoms with Gasteiger partial charge in [-0.2, -0.15) is 0 Å².